The number of aryl methyl sites for hydroxylation is 1. The monoisotopic (exact) mass is 275 g/mol. The zero-order valence-electron chi connectivity index (χ0n) is 13.8. The van der Waals surface area contributed by atoms with Crippen molar-refractivity contribution in [1.82, 2.24) is 5.32 Å². The highest BCUT2D eigenvalue weighted by Gasteiger charge is 2.48. The van der Waals surface area contributed by atoms with E-state index < -0.39 is 0 Å². The molecule has 112 valence electrons. The van der Waals surface area contributed by atoms with E-state index in [0.29, 0.717) is 12.0 Å². The first-order chi connectivity index (χ1) is 9.23. The second-order valence-electron chi connectivity index (χ2n) is 7.36. The third kappa shape index (κ3) is 3.42. The van der Waals surface area contributed by atoms with Crippen LogP contribution in [0.25, 0.3) is 0 Å². The van der Waals surface area contributed by atoms with Gasteiger partial charge in [0.15, 0.2) is 0 Å². The maximum atomic E-state index is 6.25. The van der Waals surface area contributed by atoms with E-state index in [1.807, 2.05) is 0 Å². The van der Waals surface area contributed by atoms with E-state index in [4.69, 9.17) is 4.74 Å². The Kier molecular flexibility index (Phi) is 4.27. The molecule has 0 aromatic heterocycles. The highest BCUT2D eigenvalue weighted by atomic mass is 16.5. The van der Waals surface area contributed by atoms with Gasteiger partial charge in [-0.25, -0.2) is 0 Å². The molecule has 2 unspecified atom stereocenters. The molecule has 1 fully saturated rings. The van der Waals surface area contributed by atoms with Crippen molar-refractivity contribution < 1.29 is 4.74 Å². The van der Waals surface area contributed by atoms with E-state index >= 15 is 0 Å². The molecule has 0 radical (unpaired) electrons. The summed E-state index contributed by atoms with van der Waals surface area (Å²) in [7, 11) is 2.07. The van der Waals surface area contributed by atoms with Gasteiger partial charge in [-0.1, -0.05) is 29.8 Å². The van der Waals surface area contributed by atoms with E-state index in [-0.39, 0.29) is 11.2 Å². The summed E-state index contributed by atoms with van der Waals surface area (Å²) < 4.78 is 6.25. The third-order valence-electron chi connectivity index (χ3n) is 4.54. The van der Waals surface area contributed by atoms with Crippen molar-refractivity contribution in [3.8, 4) is 0 Å². The summed E-state index contributed by atoms with van der Waals surface area (Å²) in [5.41, 5.74) is 2.65. The molecule has 1 saturated heterocycles. The Bertz CT molecular complexity index is 464. The number of hydrogen-bond donors (Lipinski definition) is 1. The summed E-state index contributed by atoms with van der Waals surface area (Å²) in [5.74, 6) is 0.531. The standard InChI is InChI=1S/C18H29NO/c1-13-8-7-9-14(10-13)11-16(19-6)15-12-17(2,3)20-18(15,4)5/h7-10,15-16,19H,11-12H2,1-6H3. The van der Waals surface area contributed by atoms with Crippen LogP contribution in [0.5, 0.6) is 0 Å². The van der Waals surface area contributed by atoms with Crippen LogP contribution in [-0.2, 0) is 11.2 Å². The molecule has 0 saturated carbocycles. The van der Waals surface area contributed by atoms with E-state index in [1.165, 1.54) is 11.1 Å². The van der Waals surface area contributed by atoms with Gasteiger partial charge in [0, 0.05) is 12.0 Å². The number of rotatable bonds is 4. The van der Waals surface area contributed by atoms with E-state index in [9.17, 15) is 0 Å². The third-order valence-corrected chi connectivity index (χ3v) is 4.54. The molecule has 1 aromatic carbocycles. The van der Waals surface area contributed by atoms with Gasteiger partial charge in [-0.15, -0.1) is 0 Å². The summed E-state index contributed by atoms with van der Waals surface area (Å²) in [6.07, 6.45) is 2.17. The Morgan fingerprint density at radius 1 is 1.30 bits per heavy atom. The van der Waals surface area contributed by atoms with Crippen LogP contribution in [0, 0.1) is 12.8 Å². The average molecular weight is 275 g/mol. The van der Waals surface area contributed by atoms with Crippen molar-refractivity contribution in [3.05, 3.63) is 35.4 Å². The first-order valence-electron chi connectivity index (χ1n) is 7.66. The highest BCUT2D eigenvalue weighted by molar-refractivity contribution is 5.23. The van der Waals surface area contributed by atoms with Gasteiger partial charge in [-0.3, -0.25) is 0 Å². The zero-order chi connectivity index (χ0) is 15.0. The van der Waals surface area contributed by atoms with Crippen LogP contribution in [0.1, 0.15) is 45.2 Å². The molecule has 2 heteroatoms. The maximum Gasteiger partial charge on any atom is 0.0677 e. The van der Waals surface area contributed by atoms with Crippen molar-refractivity contribution in [2.75, 3.05) is 7.05 Å². The summed E-state index contributed by atoms with van der Waals surface area (Å²) in [6, 6.07) is 9.28. The van der Waals surface area contributed by atoms with E-state index in [1.54, 1.807) is 0 Å². The highest BCUT2D eigenvalue weighted by Crippen LogP contribution is 2.44. The molecule has 0 bridgehead atoms. The van der Waals surface area contributed by atoms with Crippen LogP contribution in [0.3, 0.4) is 0 Å². The Morgan fingerprint density at radius 2 is 2.00 bits per heavy atom. The van der Waals surface area contributed by atoms with Gasteiger partial charge in [0.05, 0.1) is 11.2 Å². The van der Waals surface area contributed by atoms with Crippen LogP contribution < -0.4 is 5.32 Å². The van der Waals surface area contributed by atoms with Crippen LogP contribution >= 0.6 is 0 Å². The van der Waals surface area contributed by atoms with Crippen LogP contribution in [-0.4, -0.2) is 24.3 Å². The fraction of sp³-hybridized carbons (Fsp3) is 0.667. The smallest absolute Gasteiger partial charge is 0.0677 e. The predicted molar refractivity (Wildman–Crippen MR) is 85.1 cm³/mol. The molecule has 1 heterocycles. The molecular weight excluding hydrogens is 246 g/mol. The number of likely N-dealkylation sites (N-methyl/N-ethyl adjacent to an activating group) is 1. The van der Waals surface area contributed by atoms with Crippen molar-refractivity contribution in [3.63, 3.8) is 0 Å². The Balaban J connectivity index is 2.16. The lowest BCUT2D eigenvalue weighted by atomic mass is 9.79. The number of hydrogen-bond acceptors (Lipinski definition) is 2. The average Bonchev–Trinajstić information content (AvgIpc) is 2.54. The molecule has 0 amide bonds. The van der Waals surface area contributed by atoms with Crippen molar-refractivity contribution in [2.24, 2.45) is 5.92 Å². The van der Waals surface area contributed by atoms with Crippen LogP contribution in [0.4, 0.5) is 0 Å². The lowest BCUT2D eigenvalue weighted by Crippen LogP contribution is -2.44. The molecule has 0 aliphatic carbocycles. The molecule has 20 heavy (non-hydrogen) atoms. The minimum atomic E-state index is -0.0685. The molecule has 1 N–H and O–H groups in total. The van der Waals surface area contributed by atoms with Gasteiger partial charge < -0.3 is 10.1 Å². The maximum absolute atomic E-state index is 6.25. The number of benzene rings is 1. The summed E-state index contributed by atoms with van der Waals surface area (Å²) in [6.45, 7) is 11.0. The fourth-order valence-corrected chi connectivity index (χ4v) is 3.77. The van der Waals surface area contributed by atoms with Crippen LogP contribution in [0.15, 0.2) is 24.3 Å². The topological polar surface area (TPSA) is 21.3 Å². The minimum Gasteiger partial charge on any atom is -0.369 e. The molecule has 1 aliphatic heterocycles. The molecular formula is C18H29NO. The minimum absolute atomic E-state index is 0.0180. The van der Waals surface area contributed by atoms with Gasteiger partial charge in [0.1, 0.15) is 0 Å². The number of nitrogens with one attached hydrogen (secondary N) is 1. The SMILES string of the molecule is CNC(Cc1cccc(C)c1)C1CC(C)(C)OC1(C)C. The second-order valence-corrected chi connectivity index (χ2v) is 7.36. The van der Waals surface area contributed by atoms with Crippen molar-refractivity contribution in [2.45, 2.75) is 64.7 Å². The molecule has 1 aliphatic rings. The van der Waals surface area contributed by atoms with Crippen molar-refractivity contribution in [1.29, 1.82) is 0 Å². The largest absolute Gasteiger partial charge is 0.369 e. The lowest BCUT2D eigenvalue weighted by molar-refractivity contribution is -0.0774. The van der Waals surface area contributed by atoms with Crippen molar-refractivity contribution >= 4 is 0 Å². The van der Waals surface area contributed by atoms with Gasteiger partial charge in [0.25, 0.3) is 0 Å². The molecule has 2 rings (SSSR count). The lowest BCUT2D eigenvalue weighted by Gasteiger charge is -2.33. The Hall–Kier alpha value is -0.860. The van der Waals surface area contributed by atoms with Gasteiger partial charge in [-0.05, 0) is 60.1 Å². The fourth-order valence-electron chi connectivity index (χ4n) is 3.77. The van der Waals surface area contributed by atoms with E-state index in [0.717, 1.165) is 12.8 Å². The normalized spacial score (nSPS) is 25.6. The summed E-state index contributed by atoms with van der Waals surface area (Å²) in [4.78, 5) is 0. The second kappa shape index (κ2) is 5.50. The summed E-state index contributed by atoms with van der Waals surface area (Å²) >= 11 is 0. The first-order valence-corrected chi connectivity index (χ1v) is 7.66. The number of ether oxygens (including phenoxy) is 1. The zero-order valence-corrected chi connectivity index (χ0v) is 13.8. The molecule has 2 nitrogen and oxygen atoms in total. The van der Waals surface area contributed by atoms with Gasteiger partial charge in [0.2, 0.25) is 0 Å². The van der Waals surface area contributed by atoms with Gasteiger partial charge in [-0.2, -0.15) is 0 Å². The molecule has 2 atom stereocenters. The van der Waals surface area contributed by atoms with E-state index in [2.05, 4.69) is 71.2 Å². The molecule has 0 spiro atoms. The predicted octanol–water partition coefficient (Wildman–Crippen LogP) is 3.72. The Labute approximate surface area is 123 Å². The van der Waals surface area contributed by atoms with Crippen LogP contribution in [0.2, 0.25) is 0 Å². The first kappa shape index (κ1) is 15.5. The quantitative estimate of drug-likeness (QED) is 0.904. The Morgan fingerprint density at radius 3 is 2.50 bits per heavy atom. The summed E-state index contributed by atoms with van der Waals surface area (Å²) in [5, 5.41) is 3.53. The molecule has 1 aromatic rings. The van der Waals surface area contributed by atoms with Gasteiger partial charge >= 0.3 is 0 Å².